The van der Waals surface area contributed by atoms with Crippen molar-refractivity contribution in [1.82, 2.24) is 4.90 Å². The highest BCUT2D eigenvalue weighted by molar-refractivity contribution is 7.91. The molecule has 0 aliphatic carbocycles. The third-order valence-corrected chi connectivity index (χ3v) is 5.17. The second-order valence-corrected chi connectivity index (χ2v) is 7.23. The van der Waals surface area contributed by atoms with Crippen LogP contribution in [0.4, 0.5) is 0 Å². The second-order valence-electron chi connectivity index (χ2n) is 4.93. The van der Waals surface area contributed by atoms with E-state index in [9.17, 15) is 13.5 Å². The molecule has 4 nitrogen and oxygen atoms in total. The lowest BCUT2D eigenvalue weighted by molar-refractivity contribution is 0.225. The van der Waals surface area contributed by atoms with E-state index in [1.807, 2.05) is 26.0 Å². The number of aryl methyl sites for hydroxylation is 1. The van der Waals surface area contributed by atoms with Gasteiger partial charge in [0.1, 0.15) is 5.75 Å². The number of hydrogen-bond acceptors (Lipinski definition) is 4. The summed E-state index contributed by atoms with van der Waals surface area (Å²) in [5, 5.41) is 9.89. The average molecular weight is 269 g/mol. The summed E-state index contributed by atoms with van der Waals surface area (Å²) in [6, 6.07) is 5.57. The lowest BCUT2D eigenvalue weighted by Gasteiger charge is -2.32. The van der Waals surface area contributed by atoms with Crippen LogP contribution in [0.1, 0.15) is 24.1 Å². The van der Waals surface area contributed by atoms with Crippen LogP contribution in [-0.2, 0) is 9.84 Å². The molecular formula is C13H19NO3S. The minimum absolute atomic E-state index is 0.0420. The molecule has 1 atom stereocenters. The van der Waals surface area contributed by atoms with Crippen molar-refractivity contribution in [2.24, 2.45) is 0 Å². The van der Waals surface area contributed by atoms with Gasteiger partial charge in [-0.05, 0) is 19.9 Å². The van der Waals surface area contributed by atoms with Gasteiger partial charge in [-0.1, -0.05) is 17.7 Å². The number of aromatic hydroxyl groups is 1. The lowest BCUT2D eigenvalue weighted by atomic mass is 10.0. The summed E-state index contributed by atoms with van der Waals surface area (Å²) < 4.78 is 22.8. The molecule has 0 saturated carbocycles. The molecule has 0 amide bonds. The first-order valence-corrected chi connectivity index (χ1v) is 7.95. The number of rotatable bonds is 2. The Morgan fingerprint density at radius 1 is 1.28 bits per heavy atom. The van der Waals surface area contributed by atoms with Crippen molar-refractivity contribution in [2.75, 3.05) is 24.6 Å². The largest absolute Gasteiger partial charge is 0.508 e. The molecule has 1 saturated heterocycles. The topological polar surface area (TPSA) is 57.6 Å². The summed E-state index contributed by atoms with van der Waals surface area (Å²) in [6.07, 6.45) is 0. The number of phenols is 1. The highest BCUT2D eigenvalue weighted by Gasteiger charge is 2.26. The average Bonchev–Trinajstić information content (AvgIpc) is 2.31. The maximum Gasteiger partial charge on any atom is 0.152 e. The summed E-state index contributed by atoms with van der Waals surface area (Å²) in [5.41, 5.74) is 1.97. The van der Waals surface area contributed by atoms with Crippen LogP contribution in [-0.4, -0.2) is 43.0 Å². The van der Waals surface area contributed by atoms with Crippen molar-refractivity contribution < 1.29 is 13.5 Å². The molecule has 1 heterocycles. The van der Waals surface area contributed by atoms with Crippen LogP contribution in [0.2, 0.25) is 0 Å². The van der Waals surface area contributed by atoms with Gasteiger partial charge < -0.3 is 5.11 Å². The third-order valence-electron chi connectivity index (χ3n) is 3.56. The first-order chi connectivity index (χ1) is 8.39. The van der Waals surface area contributed by atoms with E-state index in [0.29, 0.717) is 13.1 Å². The second kappa shape index (κ2) is 4.90. The van der Waals surface area contributed by atoms with E-state index in [1.54, 1.807) is 6.07 Å². The summed E-state index contributed by atoms with van der Waals surface area (Å²) in [7, 11) is -2.85. The smallest absolute Gasteiger partial charge is 0.152 e. The minimum Gasteiger partial charge on any atom is -0.508 e. The Morgan fingerprint density at radius 2 is 1.89 bits per heavy atom. The highest BCUT2D eigenvalue weighted by atomic mass is 32.2. The van der Waals surface area contributed by atoms with E-state index in [2.05, 4.69) is 4.90 Å². The predicted molar refractivity (Wildman–Crippen MR) is 71.5 cm³/mol. The number of benzene rings is 1. The Bertz CT molecular complexity index is 525. The third kappa shape index (κ3) is 2.84. The van der Waals surface area contributed by atoms with Crippen LogP contribution in [0.3, 0.4) is 0 Å². The van der Waals surface area contributed by atoms with Gasteiger partial charge in [0.2, 0.25) is 0 Å². The summed E-state index contributed by atoms with van der Waals surface area (Å²) in [4.78, 5) is 2.11. The van der Waals surface area contributed by atoms with E-state index in [1.165, 1.54) is 0 Å². The zero-order chi connectivity index (χ0) is 13.3. The minimum atomic E-state index is -2.85. The summed E-state index contributed by atoms with van der Waals surface area (Å²) in [6.45, 7) is 5.07. The number of sulfone groups is 1. The van der Waals surface area contributed by atoms with Gasteiger partial charge in [-0.15, -0.1) is 0 Å². The van der Waals surface area contributed by atoms with Gasteiger partial charge in [0.25, 0.3) is 0 Å². The van der Waals surface area contributed by atoms with Crippen LogP contribution < -0.4 is 0 Å². The molecule has 1 aliphatic rings. The summed E-state index contributed by atoms with van der Waals surface area (Å²) in [5.74, 6) is 0.704. The lowest BCUT2D eigenvalue weighted by Crippen LogP contribution is -2.41. The molecule has 1 aliphatic heterocycles. The molecule has 2 rings (SSSR count). The number of phenolic OH excluding ortho intramolecular Hbond substituents is 1. The van der Waals surface area contributed by atoms with E-state index < -0.39 is 9.84 Å². The predicted octanol–water partition coefficient (Wildman–Crippen LogP) is 1.49. The Hall–Kier alpha value is -1.07. The number of nitrogens with zero attached hydrogens (tertiary/aromatic N) is 1. The van der Waals surface area contributed by atoms with E-state index >= 15 is 0 Å². The molecule has 18 heavy (non-hydrogen) atoms. The van der Waals surface area contributed by atoms with Crippen LogP contribution in [0.5, 0.6) is 5.75 Å². The zero-order valence-corrected chi connectivity index (χ0v) is 11.6. The van der Waals surface area contributed by atoms with Gasteiger partial charge in [0.05, 0.1) is 11.5 Å². The van der Waals surface area contributed by atoms with Crippen molar-refractivity contribution in [3.63, 3.8) is 0 Å². The SMILES string of the molecule is Cc1ccc(O)c(C(C)N2CCS(=O)(=O)CC2)c1. The van der Waals surface area contributed by atoms with Crippen molar-refractivity contribution in [3.8, 4) is 5.75 Å². The van der Waals surface area contributed by atoms with Crippen LogP contribution in [0.15, 0.2) is 18.2 Å². The Labute approximate surface area is 108 Å². The van der Waals surface area contributed by atoms with Crippen LogP contribution >= 0.6 is 0 Å². The van der Waals surface area contributed by atoms with Gasteiger partial charge in [-0.3, -0.25) is 4.90 Å². The maximum absolute atomic E-state index is 11.4. The molecule has 1 fully saturated rings. The van der Waals surface area contributed by atoms with Gasteiger partial charge >= 0.3 is 0 Å². The van der Waals surface area contributed by atoms with Crippen molar-refractivity contribution in [1.29, 1.82) is 0 Å². The fourth-order valence-corrected chi connectivity index (χ4v) is 3.55. The fourth-order valence-electron chi connectivity index (χ4n) is 2.32. The van der Waals surface area contributed by atoms with Crippen molar-refractivity contribution >= 4 is 9.84 Å². The van der Waals surface area contributed by atoms with Gasteiger partial charge in [0.15, 0.2) is 9.84 Å². The monoisotopic (exact) mass is 269 g/mol. The Balaban J connectivity index is 2.17. The van der Waals surface area contributed by atoms with E-state index in [-0.39, 0.29) is 23.3 Å². The van der Waals surface area contributed by atoms with Gasteiger partial charge in [-0.2, -0.15) is 0 Å². The standard InChI is InChI=1S/C13H19NO3S/c1-10-3-4-13(15)12(9-10)11(2)14-5-7-18(16,17)8-6-14/h3-4,9,11,15H,5-8H2,1-2H3. The van der Waals surface area contributed by atoms with E-state index in [0.717, 1.165) is 11.1 Å². The van der Waals surface area contributed by atoms with Gasteiger partial charge in [0, 0.05) is 24.7 Å². The van der Waals surface area contributed by atoms with E-state index in [4.69, 9.17) is 0 Å². The number of hydrogen-bond donors (Lipinski definition) is 1. The molecule has 5 heteroatoms. The molecule has 1 aromatic rings. The summed E-state index contributed by atoms with van der Waals surface area (Å²) >= 11 is 0. The molecule has 0 bridgehead atoms. The maximum atomic E-state index is 11.4. The molecular weight excluding hydrogens is 250 g/mol. The molecule has 100 valence electrons. The molecule has 1 unspecified atom stereocenters. The van der Waals surface area contributed by atoms with Gasteiger partial charge in [-0.25, -0.2) is 8.42 Å². The normalized spacial score (nSPS) is 21.7. The highest BCUT2D eigenvalue weighted by Crippen LogP contribution is 2.30. The Morgan fingerprint density at radius 3 is 2.50 bits per heavy atom. The molecule has 1 N–H and O–H groups in total. The van der Waals surface area contributed by atoms with Crippen molar-refractivity contribution in [3.05, 3.63) is 29.3 Å². The van der Waals surface area contributed by atoms with Crippen LogP contribution in [0.25, 0.3) is 0 Å². The first-order valence-electron chi connectivity index (χ1n) is 6.13. The quantitative estimate of drug-likeness (QED) is 0.884. The Kier molecular flexibility index (Phi) is 3.64. The fraction of sp³-hybridized carbons (Fsp3) is 0.538. The zero-order valence-electron chi connectivity index (χ0n) is 10.8. The van der Waals surface area contributed by atoms with Crippen LogP contribution in [0, 0.1) is 6.92 Å². The molecule has 0 aromatic heterocycles. The molecule has 0 radical (unpaired) electrons. The molecule has 0 spiro atoms. The van der Waals surface area contributed by atoms with Crippen molar-refractivity contribution in [2.45, 2.75) is 19.9 Å². The molecule has 1 aromatic carbocycles. The first kappa shape index (κ1) is 13.4.